The van der Waals surface area contributed by atoms with E-state index in [1.54, 1.807) is 18.2 Å². The minimum Gasteiger partial charge on any atom is -0.465 e. The van der Waals surface area contributed by atoms with E-state index < -0.39 is 28.4 Å². The molecule has 1 amide bonds. The maximum atomic E-state index is 13.6. The van der Waals surface area contributed by atoms with Gasteiger partial charge in [-0.05, 0) is 80.1 Å². The number of nitrogens with zero attached hydrogens (tertiary/aromatic N) is 1. The Morgan fingerprint density at radius 3 is 2.51 bits per heavy atom. The van der Waals surface area contributed by atoms with Gasteiger partial charge in [-0.2, -0.15) is 0 Å². The second-order valence-corrected chi connectivity index (χ2v) is 11.7. The van der Waals surface area contributed by atoms with E-state index in [2.05, 4.69) is 5.32 Å². The molecule has 1 aliphatic carbocycles. The summed E-state index contributed by atoms with van der Waals surface area (Å²) in [6.07, 6.45) is 3.55. The average molecular weight is 533 g/mol. The quantitative estimate of drug-likeness (QED) is 0.422. The highest BCUT2D eigenvalue weighted by Crippen LogP contribution is 2.38. The lowest BCUT2D eigenvalue weighted by Gasteiger charge is -2.24. The second-order valence-electron chi connectivity index (χ2n) is 8.26. The monoisotopic (exact) mass is 532 g/mol. The third-order valence-corrected chi connectivity index (χ3v) is 9.04. The standard InChI is InChI=1S/C25H25ClN2O5S2/c1-16-6-5-7-18(14-16)28(35(31,32)19-12-10-17(26)11-13-19)15-22(29)27-24-23(25(30)33-2)20-8-3-4-9-21(20)34-24/h5-7,10-14H,3-4,8-9,15H2,1-2H3,(H,27,29). The number of carbonyl (C=O) groups is 2. The number of hydrogen-bond donors (Lipinski definition) is 1. The largest absolute Gasteiger partial charge is 0.465 e. The van der Waals surface area contributed by atoms with Crippen molar-refractivity contribution in [1.82, 2.24) is 0 Å². The third kappa shape index (κ3) is 5.37. The normalized spacial score (nSPS) is 13.1. The Balaban J connectivity index is 1.68. The number of fused-ring (bicyclic) bond motifs is 1. The first-order valence-electron chi connectivity index (χ1n) is 11.1. The number of benzene rings is 2. The molecule has 1 aromatic heterocycles. The van der Waals surface area contributed by atoms with Crippen molar-refractivity contribution in [2.75, 3.05) is 23.3 Å². The molecule has 0 saturated carbocycles. The summed E-state index contributed by atoms with van der Waals surface area (Å²) < 4.78 is 33.1. The van der Waals surface area contributed by atoms with Gasteiger partial charge in [-0.3, -0.25) is 9.10 Å². The fourth-order valence-electron chi connectivity index (χ4n) is 4.10. The topological polar surface area (TPSA) is 92.8 Å². The van der Waals surface area contributed by atoms with Crippen LogP contribution in [0.15, 0.2) is 53.4 Å². The first-order chi connectivity index (χ1) is 16.7. The number of sulfonamides is 1. The van der Waals surface area contributed by atoms with Gasteiger partial charge in [-0.1, -0.05) is 23.7 Å². The van der Waals surface area contributed by atoms with E-state index in [1.807, 2.05) is 13.0 Å². The van der Waals surface area contributed by atoms with Gasteiger partial charge < -0.3 is 10.1 Å². The Morgan fingerprint density at radius 1 is 1.11 bits per heavy atom. The molecule has 0 fully saturated rings. The van der Waals surface area contributed by atoms with Crippen molar-refractivity contribution in [3.05, 3.63) is 75.1 Å². The van der Waals surface area contributed by atoms with Gasteiger partial charge in [0.05, 0.1) is 23.3 Å². The molecule has 7 nitrogen and oxygen atoms in total. The Morgan fingerprint density at radius 2 is 1.83 bits per heavy atom. The van der Waals surface area contributed by atoms with Gasteiger partial charge in [0.25, 0.3) is 10.0 Å². The van der Waals surface area contributed by atoms with Crippen LogP contribution in [0.4, 0.5) is 10.7 Å². The highest BCUT2D eigenvalue weighted by Gasteiger charge is 2.30. The van der Waals surface area contributed by atoms with Gasteiger partial charge in [0.1, 0.15) is 11.5 Å². The summed E-state index contributed by atoms with van der Waals surface area (Å²) in [5.41, 5.74) is 2.47. The van der Waals surface area contributed by atoms with Crippen molar-refractivity contribution < 1.29 is 22.7 Å². The number of carbonyl (C=O) groups excluding carboxylic acids is 2. The van der Waals surface area contributed by atoms with Crippen LogP contribution in [-0.4, -0.2) is 33.9 Å². The number of halogens is 1. The first kappa shape index (κ1) is 25.2. The van der Waals surface area contributed by atoms with E-state index in [0.29, 0.717) is 21.3 Å². The number of thiophene rings is 1. The van der Waals surface area contributed by atoms with Crippen LogP contribution in [-0.2, 0) is 32.4 Å². The van der Waals surface area contributed by atoms with E-state index >= 15 is 0 Å². The van der Waals surface area contributed by atoms with Crippen molar-refractivity contribution in [1.29, 1.82) is 0 Å². The fourth-order valence-corrected chi connectivity index (χ4v) is 6.93. The molecule has 35 heavy (non-hydrogen) atoms. The van der Waals surface area contributed by atoms with Crippen LogP contribution in [0.1, 0.15) is 39.2 Å². The third-order valence-electron chi connectivity index (χ3n) is 5.79. The zero-order valence-corrected chi connectivity index (χ0v) is 21.7. The molecule has 184 valence electrons. The van der Waals surface area contributed by atoms with Crippen LogP contribution in [0.5, 0.6) is 0 Å². The second kappa shape index (κ2) is 10.4. The minimum absolute atomic E-state index is 0.0121. The van der Waals surface area contributed by atoms with Gasteiger partial charge in [0, 0.05) is 9.90 Å². The number of anilines is 2. The van der Waals surface area contributed by atoms with E-state index in [4.69, 9.17) is 16.3 Å². The van der Waals surface area contributed by atoms with Crippen molar-refractivity contribution in [3.63, 3.8) is 0 Å². The van der Waals surface area contributed by atoms with Gasteiger partial charge in [0.15, 0.2) is 0 Å². The Hall–Kier alpha value is -2.88. The summed E-state index contributed by atoms with van der Waals surface area (Å²) in [5, 5.41) is 3.58. The number of methoxy groups -OCH3 is 1. The molecule has 0 aliphatic heterocycles. The molecule has 1 N–H and O–H groups in total. The van der Waals surface area contributed by atoms with Crippen LogP contribution in [0.25, 0.3) is 0 Å². The van der Waals surface area contributed by atoms with Crippen molar-refractivity contribution >= 4 is 55.5 Å². The minimum atomic E-state index is -4.08. The maximum Gasteiger partial charge on any atom is 0.341 e. The molecule has 4 rings (SSSR count). The number of nitrogens with one attached hydrogen (secondary N) is 1. The van der Waals surface area contributed by atoms with Crippen molar-refractivity contribution in [3.8, 4) is 0 Å². The molecule has 10 heteroatoms. The summed E-state index contributed by atoms with van der Waals surface area (Å²) in [5.74, 6) is -1.07. The number of rotatable bonds is 7. The number of aryl methyl sites for hydroxylation is 2. The molecule has 2 aromatic carbocycles. The summed E-state index contributed by atoms with van der Waals surface area (Å²) in [6, 6.07) is 12.7. The lowest BCUT2D eigenvalue weighted by atomic mass is 9.95. The van der Waals surface area contributed by atoms with E-state index in [1.165, 1.54) is 42.7 Å². The maximum absolute atomic E-state index is 13.6. The SMILES string of the molecule is COC(=O)c1c(NC(=O)CN(c2cccc(C)c2)S(=O)(=O)c2ccc(Cl)cc2)sc2c1CCCC2. The summed E-state index contributed by atoms with van der Waals surface area (Å²) in [7, 11) is -2.78. The number of ether oxygens (including phenoxy) is 1. The van der Waals surface area contributed by atoms with E-state index in [0.717, 1.165) is 46.0 Å². The molecule has 0 atom stereocenters. The molecule has 0 unspecified atom stereocenters. The Kier molecular flexibility index (Phi) is 7.49. The van der Waals surface area contributed by atoms with Crippen molar-refractivity contribution in [2.24, 2.45) is 0 Å². The molecule has 0 saturated heterocycles. The predicted molar refractivity (Wildman–Crippen MR) is 138 cm³/mol. The number of amides is 1. The summed E-state index contributed by atoms with van der Waals surface area (Å²) >= 11 is 7.29. The van der Waals surface area contributed by atoms with Gasteiger partial charge in [0.2, 0.25) is 5.91 Å². The van der Waals surface area contributed by atoms with Gasteiger partial charge in [-0.15, -0.1) is 11.3 Å². The van der Waals surface area contributed by atoms with Crippen LogP contribution in [0, 0.1) is 6.92 Å². The molecule has 3 aromatic rings. The zero-order chi connectivity index (χ0) is 25.2. The van der Waals surface area contributed by atoms with Crippen LogP contribution in [0.3, 0.4) is 0 Å². The summed E-state index contributed by atoms with van der Waals surface area (Å²) in [6.45, 7) is 1.37. The lowest BCUT2D eigenvalue weighted by molar-refractivity contribution is -0.114. The zero-order valence-electron chi connectivity index (χ0n) is 19.3. The van der Waals surface area contributed by atoms with Crippen LogP contribution in [0.2, 0.25) is 5.02 Å². The molecular weight excluding hydrogens is 508 g/mol. The first-order valence-corrected chi connectivity index (χ1v) is 13.7. The fraction of sp³-hybridized carbons (Fsp3) is 0.280. The predicted octanol–water partition coefficient (Wildman–Crippen LogP) is 5.21. The van der Waals surface area contributed by atoms with Gasteiger partial charge >= 0.3 is 5.97 Å². The highest BCUT2D eigenvalue weighted by atomic mass is 35.5. The number of esters is 1. The van der Waals surface area contributed by atoms with Crippen LogP contribution >= 0.6 is 22.9 Å². The van der Waals surface area contributed by atoms with E-state index in [-0.39, 0.29) is 4.90 Å². The Labute approximate surface area is 213 Å². The van der Waals surface area contributed by atoms with E-state index in [9.17, 15) is 18.0 Å². The number of hydrogen-bond acceptors (Lipinski definition) is 6. The molecule has 1 aliphatic rings. The molecule has 0 bridgehead atoms. The molecule has 1 heterocycles. The highest BCUT2D eigenvalue weighted by molar-refractivity contribution is 7.92. The summed E-state index contributed by atoms with van der Waals surface area (Å²) in [4.78, 5) is 26.8. The molecule has 0 radical (unpaired) electrons. The molecular formula is C25H25ClN2O5S2. The van der Waals surface area contributed by atoms with Crippen molar-refractivity contribution in [2.45, 2.75) is 37.5 Å². The molecule has 0 spiro atoms. The van der Waals surface area contributed by atoms with Crippen LogP contribution < -0.4 is 9.62 Å². The lowest BCUT2D eigenvalue weighted by Crippen LogP contribution is -2.38. The van der Waals surface area contributed by atoms with Gasteiger partial charge in [-0.25, -0.2) is 13.2 Å². The Bertz CT molecular complexity index is 1370. The average Bonchev–Trinajstić information content (AvgIpc) is 3.20. The smallest absolute Gasteiger partial charge is 0.341 e.